The van der Waals surface area contributed by atoms with Crippen molar-refractivity contribution in [3.63, 3.8) is 0 Å². The maximum Gasteiger partial charge on any atom is 0.247 e. The van der Waals surface area contributed by atoms with Gasteiger partial charge in [0.1, 0.15) is 0 Å². The van der Waals surface area contributed by atoms with E-state index in [0.717, 1.165) is 25.7 Å². The fraction of sp³-hybridized carbons (Fsp3) is 0.769. The second-order valence-corrected chi connectivity index (χ2v) is 5.47. The quantitative estimate of drug-likeness (QED) is 0.712. The summed E-state index contributed by atoms with van der Waals surface area (Å²) in [6.07, 6.45) is 4.18. The molecular weight excluding hydrogens is 246 g/mol. The average Bonchev–Trinajstić information content (AvgIpc) is 2.95. The van der Waals surface area contributed by atoms with Crippen LogP contribution in [0.4, 0.5) is 0 Å². The van der Waals surface area contributed by atoms with Crippen molar-refractivity contribution >= 4 is 17.7 Å². The van der Waals surface area contributed by atoms with E-state index >= 15 is 0 Å². The molecular formula is C13H21N3O3. The third-order valence-corrected chi connectivity index (χ3v) is 3.87. The Bertz CT molecular complexity index is 389. The summed E-state index contributed by atoms with van der Waals surface area (Å²) in [5.74, 6) is -0.366. The maximum atomic E-state index is 12.2. The molecule has 6 heteroatoms. The van der Waals surface area contributed by atoms with Crippen LogP contribution in [0.2, 0.25) is 0 Å². The number of imide groups is 1. The number of nitrogens with one attached hydrogen (secondary N) is 1. The van der Waals surface area contributed by atoms with Crippen LogP contribution in [-0.2, 0) is 14.4 Å². The highest BCUT2D eigenvalue weighted by Crippen LogP contribution is 2.28. The van der Waals surface area contributed by atoms with Gasteiger partial charge in [-0.25, -0.2) is 0 Å². The first kappa shape index (κ1) is 14.0. The van der Waals surface area contributed by atoms with E-state index < -0.39 is 6.04 Å². The Kier molecular flexibility index (Phi) is 4.19. The zero-order valence-corrected chi connectivity index (χ0v) is 11.5. The van der Waals surface area contributed by atoms with E-state index in [1.54, 1.807) is 14.1 Å². The zero-order chi connectivity index (χ0) is 14.0. The van der Waals surface area contributed by atoms with Crippen LogP contribution >= 0.6 is 0 Å². The van der Waals surface area contributed by atoms with Crippen LogP contribution in [0.3, 0.4) is 0 Å². The predicted octanol–water partition coefficient (Wildman–Crippen LogP) is -0.266. The van der Waals surface area contributed by atoms with Crippen LogP contribution in [0.5, 0.6) is 0 Å². The van der Waals surface area contributed by atoms with Gasteiger partial charge in [-0.15, -0.1) is 0 Å². The largest absolute Gasteiger partial charge is 0.348 e. The van der Waals surface area contributed by atoms with Gasteiger partial charge in [0.2, 0.25) is 17.7 Å². The summed E-state index contributed by atoms with van der Waals surface area (Å²) in [5, 5.41) is 2.89. The van der Waals surface area contributed by atoms with Crippen molar-refractivity contribution in [3.05, 3.63) is 0 Å². The van der Waals surface area contributed by atoms with Crippen molar-refractivity contribution in [2.45, 2.75) is 44.2 Å². The molecule has 2 fully saturated rings. The lowest BCUT2D eigenvalue weighted by molar-refractivity contribution is -0.141. The molecule has 0 radical (unpaired) electrons. The number of carbonyl (C=O) groups is 3. The summed E-state index contributed by atoms with van der Waals surface area (Å²) in [6, 6.07) is -0.451. The van der Waals surface area contributed by atoms with Crippen molar-refractivity contribution in [2.24, 2.45) is 0 Å². The van der Waals surface area contributed by atoms with E-state index in [4.69, 9.17) is 0 Å². The topological polar surface area (TPSA) is 69.7 Å². The summed E-state index contributed by atoms with van der Waals surface area (Å²) in [5.41, 5.74) is 0. The zero-order valence-electron chi connectivity index (χ0n) is 11.5. The second kappa shape index (κ2) is 5.69. The van der Waals surface area contributed by atoms with Gasteiger partial charge in [0, 0.05) is 20.1 Å². The molecule has 2 aliphatic rings. The minimum absolute atomic E-state index is 0.0800. The minimum atomic E-state index is -0.531. The van der Waals surface area contributed by atoms with Gasteiger partial charge >= 0.3 is 0 Å². The third kappa shape index (κ3) is 2.94. The molecule has 106 valence electrons. The van der Waals surface area contributed by atoms with Crippen molar-refractivity contribution in [3.8, 4) is 0 Å². The highest BCUT2D eigenvalue weighted by Gasteiger charge is 2.42. The summed E-state index contributed by atoms with van der Waals surface area (Å²) < 4.78 is 0. The van der Waals surface area contributed by atoms with Crippen molar-refractivity contribution in [2.75, 3.05) is 20.6 Å². The fourth-order valence-corrected chi connectivity index (χ4v) is 2.73. The number of likely N-dealkylation sites (N-methyl/N-ethyl adjacent to an activating group) is 1. The van der Waals surface area contributed by atoms with Gasteiger partial charge in [-0.2, -0.15) is 0 Å². The standard InChI is InChI=1S/C13H21N3O3/c1-15(2)12(18)8-14-10-7-11(17)16(13(10)19)9-5-3-4-6-9/h9-10,14H,3-8H2,1-2H3. The van der Waals surface area contributed by atoms with E-state index in [1.807, 2.05) is 0 Å². The van der Waals surface area contributed by atoms with Crippen LogP contribution in [0.25, 0.3) is 0 Å². The highest BCUT2D eigenvalue weighted by molar-refractivity contribution is 6.06. The number of rotatable bonds is 4. The number of amides is 3. The Morgan fingerprint density at radius 1 is 1.32 bits per heavy atom. The van der Waals surface area contributed by atoms with Crippen molar-refractivity contribution < 1.29 is 14.4 Å². The Labute approximate surface area is 113 Å². The SMILES string of the molecule is CN(C)C(=O)CNC1CC(=O)N(C2CCCC2)C1=O. The van der Waals surface area contributed by atoms with E-state index in [-0.39, 0.29) is 36.7 Å². The molecule has 1 atom stereocenters. The Balaban J connectivity index is 1.92. The van der Waals surface area contributed by atoms with E-state index in [2.05, 4.69) is 5.32 Å². The van der Waals surface area contributed by atoms with Gasteiger partial charge in [0.05, 0.1) is 19.0 Å². The number of hydrogen-bond donors (Lipinski definition) is 1. The lowest BCUT2D eigenvalue weighted by Gasteiger charge is -2.22. The molecule has 1 saturated carbocycles. The summed E-state index contributed by atoms with van der Waals surface area (Å²) in [7, 11) is 3.33. The van der Waals surface area contributed by atoms with Crippen LogP contribution in [-0.4, -0.2) is 60.2 Å². The van der Waals surface area contributed by atoms with Crippen LogP contribution < -0.4 is 5.32 Å². The molecule has 1 aliphatic heterocycles. The molecule has 0 aromatic rings. The summed E-state index contributed by atoms with van der Waals surface area (Å²) >= 11 is 0. The Hall–Kier alpha value is -1.43. The first-order valence-corrected chi connectivity index (χ1v) is 6.80. The van der Waals surface area contributed by atoms with Gasteiger partial charge < -0.3 is 4.90 Å². The van der Waals surface area contributed by atoms with Gasteiger partial charge in [0.25, 0.3) is 0 Å². The van der Waals surface area contributed by atoms with E-state index in [9.17, 15) is 14.4 Å². The second-order valence-electron chi connectivity index (χ2n) is 5.47. The van der Waals surface area contributed by atoms with E-state index in [1.165, 1.54) is 9.80 Å². The molecule has 3 amide bonds. The Morgan fingerprint density at radius 2 is 1.95 bits per heavy atom. The van der Waals surface area contributed by atoms with Crippen molar-refractivity contribution in [1.82, 2.24) is 15.1 Å². The molecule has 2 rings (SSSR count). The normalized spacial score (nSPS) is 24.3. The molecule has 1 aliphatic carbocycles. The molecule has 1 heterocycles. The van der Waals surface area contributed by atoms with Gasteiger partial charge in [0.15, 0.2) is 0 Å². The minimum Gasteiger partial charge on any atom is -0.348 e. The van der Waals surface area contributed by atoms with E-state index in [0.29, 0.717) is 0 Å². The molecule has 0 bridgehead atoms. The van der Waals surface area contributed by atoms with Crippen LogP contribution in [0.15, 0.2) is 0 Å². The molecule has 1 saturated heterocycles. The number of hydrogen-bond acceptors (Lipinski definition) is 4. The summed E-state index contributed by atoms with van der Waals surface area (Å²) in [6.45, 7) is 0.0925. The van der Waals surface area contributed by atoms with Gasteiger partial charge in [-0.3, -0.25) is 24.6 Å². The number of nitrogens with zero attached hydrogens (tertiary/aromatic N) is 2. The smallest absolute Gasteiger partial charge is 0.247 e. The Morgan fingerprint density at radius 3 is 2.53 bits per heavy atom. The molecule has 0 aromatic carbocycles. The molecule has 1 N–H and O–H groups in total. The first-order valence-electron chi connectivity index (χ1n) is 6.80. The number of likely N-dealkylation sites (tertiary alicyclic amines) is 1. The molecule has 19 heavy (non-hydrogen) atoms. The third-order valence-electron chi connectivity index (χ3n) is 3.87. The van der Waals surface area contributed by atoms with Crippen molar-refractivity contribution in [1.29, 1.82) is 0 Å². The van der Waals surface area contributed by atoms with Gasteiger partial charge in [-0.05, 0) is 12.8 Å². The first-order chi connectivity index (χ1) is 9.00. The number of carbonyl (C=O) groups excluding carboxylic acids is 3. The average molecular weight is 267 g/mol. The molecule has 1 unspecified atom stereocenters. The highest BCUT2D eigenvalue weighted by atomic mass is 16.2. The predicted molar refractivity (Wildman–Crippen MR) is 69.2 cm³/mol. The monoisotopic (exact) mass is 267 g/mol. The molecule has 0 aromatic heterocycles. The fourth-order valence-electron chi connectivity index (χ4n) is 2.73. The lowest BCUT2D eigenvalue weighted by Crippen LogP contribution is -2.45. The lowest BCUT2D eigenvalue weighted by atomic mass is 10.2. The van der Waals surface area contributed by atoms with Crippen LogP contribution in [0, 0.1) is 0 Å². The summed E-state index contributed by atoms with van der Waals surface area (Å²) in [4.78, 5) is 38.5. The maximum absolute atomic E-state index is 12.2. The van der Waals surface area contributed by atoms with Gasteiger partial charge in [-0.1, -0.05) is 12.8 Å². The molecule has 6 nitrogen and oxygen atoms in total. The molecule has 0 spiro atoms. The van der Waals surface area contributed by atoms with Crippen LogP contribution in [0.1, 0.15) is 32.1 Å².